The third-order valence-electron chi connectivity index (χ3n) is 5.87. The standard InChI is InChI=1S/C20H32O/c1-8-20(7)12-11-16(13-17(20)14(2)3)15(4)9-10-18-19(5,6)21-18/h8-9,16-18H,1-2,10-13H2,3-7H3/b15-9+/t16?,17?,18?,20-/m0/s1. The molecule has 0 bridgehead atoms. The van der Waals surface area contributed by atoms with Crippen LogP contribution >= 0.6 is 0 Å². The van der Waals surface area contributed by atoms with E-state index in [1.165, 1.54) is 24.8 Å². The minimum absolute atomic E-state index is 0.102. The van der Waals surface area contributed by atoms with Gasteiger partial charge in [-0.2, -0.15) is 0 Å². The van der Waals surface area contributed by atoms with E-state index in [0.29, 0.717) is 17.9 Å². The Morgan fingerprint density at radius 1 is 1.29 bits per heavy atom. The van der Waals surface area contributed by atoms with Gasteiger partial charge < -0.3 is 4.74 Å². The van der Waals surface area contributed by atoms with Crippen LogP contribution in [0.25, 0.3) is 0 Å². The van der Waals surface area contributed by atoms with Gasteiger partial charge in [0.05, 0.1) is 11.7 Å². The van der Waals surface area contributed by atoms with Gasteiger partial charge in [0, 0.05) is 0 Å². The van der Waals surface area contributed by atoms with Gasteiger partial charge in [-0.05, 0) is 70.6 Å². The normalized spacial score (nSPS) is 38.9. The van der Waals surface area contributed by atoms with E-state index in [1.807, 2.05) is 0 Å². The molecule has 21 heavy (non-hydrogen) atoms. The summed E-state index contributed by atoms with van der Waals surface area (Å²) in [6.45, 7) is 19.5. The molecule has 1 heterocycles. The first-order chi connectivity index (χ1) is 9.69. The predicted molar refractivity (Wildman–Crippen MR) is 91.3 cm³/mol. The van der Waals surface area contributed by atoms with E-state index in [-0.39, 0.29) is 11.0 Å². The highest BCUT2D eigenvalue weighted by Crippen LogP contribution is 2.49. The molecule has 2 fully saturated rings. The van der Waals surface area contributed by atoms with Crippen LogP contribution in [0.5, 0.6) is 0 Å². The highest BCUT2D eigenvalue weighted by atomic mass is 16.6. The summed E-state index contributed by atoms with van der Waals surface area (Å²) < 4.78 is 5.68. The molecule has 0 spiro atoms. The second kappa shape index (κ2) is 5.76. The molecule has 1 saturated heterocycles. The molecule has 0 aromatic heterocycles. The van der Waals surface area contributed by atoms with Crippen LogP contribution in [0.3, 0.4) is 0 Å². The smallest absolute Gasteiger partial charge is 0.0902 e. The number of allylic oxidation sites excluding steroid dienone is 3. The molecule has 4 atom stereocenters. The van der Waals surface area contributed by atoms with Crippen molar-refractivity contribution in [3.05, 3.63) is 36.5 Å². The Kier molecular flexibility index (Phi) is 4.54. The topological polar surface area (TPSA) is 12.5 Å². The van der Waals surface area contributed by atoms with Gasteiger partial charge in [-0.15, -0.1) is 6.58 Å². The molecular weight excluding hydrogens is 256 g/mol. The molecule has 1 heteroatoms. The molecule has 0 aromatic rings. The van der Waals surface area contributed by atoms with E-state index in [1.54, 1.807) is 5.57 Å². The summed E-state index contributed by atoms with van der Waals surface area (Å²) in [6, 6.07) is 0. The number of hydrogen-bond acceptors (Lipinski definition) is 1. The maximum absolute atomic E-state index is 5.68. The highest BCUT2D eigenvalue weighted by molar-refractivity contribution is 5.17. The van der Waals surface area contributed by atoms with E-state index >= 15 is 0 Å². The maximum Gasteiger partial charge on any atom is 0.0902 e. The van der Waals surface area contributed by atoms with Crippen LogP contribution in [0.2, 0.25) is 0 Å². The monoisotopic (exact) mass is 288 g/mol. The van der Waals surface area contributed by atoms with E-state index < -0.39 is 0 Å². The molecule has 118 valence electrons. The van der Waals surface area contributed by atoms with Crippen molar-refractivity contribution in [3.8, 4) is 0 Å². The average molecular weight is 288 g/mol. The average Bonchev–Trinajstić information content (AvgIpc) is 3.03. The molecule has 0 amide bonds. The van der Waals surface area contributed by atoms with Gasteiger partial charge >= 0.3 is 0 Å². The van der Waals surface area contributed by atoms with E-state index in [4.69, 9.17) is 4.74 Å². The van der Waals surface area contributed by atoms with Crippen molar-refractivity contribution < 1.29 is 4.74 Å². The molecular formula is C20H32O. The first kappa shape index (κ1) is 16.5. The molecule has 0 aromatic carbocycles. The van der Waals surface area contributed by atoms with Gasteiger partial charge in [-0.25, -0.2) is 0 Å². The van der Waals surface area contributed by atoms with Gasteiger partial charge in [0.25, 0.3) is 0 Å². The van der Waals surface area contributed by atoms with Crippen LogP contribution in [-0.4, -0.2) is 11.7 Å². The molecule has 1 nitrogen and oxygen atoms in total. The van der Waals surface area contributed by atoms with Crippen LogP contribution in [0, 0.1) is 17.3 Å². The van der Waals surface area contributed by atoms with Crippen molar-refractivity contribution >= 4 is 0 Å². The Morgan fingerprint density at radius 2 is 1.90 bits per heavy atom. The van der Waals surface area contributed by atoms with Crippen LogP contribution in [-0.2, 0) is 4.74 Å². The zero-order valence-corrected chi connectivity index (χ0v) is 14.5. The summed E-state index contributed by atoms with van der Waals surface area (Å²) in [6.07, 6.45) is 9.75. The Bertz CT molecular complexity index is 456. The van der Waals surface area contributed by atoms with Crippen LogP contribution in [0.4, 0.5) is 0 Å². The number of rotatable bonds is 5. The van der Waals surface area contributed by atoms with Gasteiger partial charge in [0.2, 0.25) is 0 Å². The summed E-state index contributed by atoms with van der Waals surface area (Å²) in [5.41, 5.74) is 3.18. The molecule has 1 aliphatic carbocycles. The predicted octanol–water partition coefficient (Wildman–Crippen LogP) is 5.68. The van der Waals surface area contributed by atoms with Gasteiger partial charge in [0.1, 0.15) is 0 Å². The van der Waals surface area contributed by atoms with Gasteiger partial charge in [-0.1, -0.05) is 36.8 Å². The van der Waals surface area contributed by atoms with Crippen molar-refractivity contribution in [3.63, 3.8) is 0 Å². The quantitative estimate of drug-likeness (QED) is 0.468. The molecule has 0 radical (unpaired) electrons. The zero-order chi connectivity index (χ0) is 15.8. The van der Waals surface area contributed by atoms with E-state index in [9.17, 15) is 0 Å². The number of epoxide rings is 1. The van der Waals surface area contributed by atoms with Crippen molar-refractivity contribution in [2.75, 3.05) is 0 Å². The fraction of sp³-hybridized carbons (Fsp3) is 0.700. The fourth-order valence-electron chi connectivity index (χ4n) is 3.88. The van der Waals surface area contributed by atoms with Crippen molar-refractivity contribution in [1.82, 2.24) is 0 Å². The van der Waals surface area contributed by atoms with Gasteiger partial charge in [0.15, 0.2) is 0 Å². The lowest BCUT2D eigenvalue weighted by Gasteiger charge is -2.43. The largest absolute Gasteiger partial charge is 0.366 e. The summed E-state index contributed by atoms with van der Waals surface area (Å²) >= 11 is 0. The molecule has 1 saturated carbocycles. The molecule has 3 unspecified atom stereocenters. The van der Waals surface area contributed by atoms with Gasteiger partial charge in [-0.3, -0.25) is 0 Å². The SMILES string of the molecule is C=C[C@@]1(C)CCC(/C(C)=C/CC2OC2(C)C)CC1C(=C)C. The lowest BCUT2D eigenvalue weighted by atomic mass is 9.61. The maximum atomic E-state index is 5.68. The molecule has 2 rings (SSSR count). The van der Waals surface area contributed by atoms with Crippen molar-refractivity contribution in [2.24, 2.45) is 17.3 Å². The summed E-state index contributed by atoms with van der Waals surface area (Å²) in [7, 11) is 0. The van der Waals surface area contributed by atoms with Crippen molar-refractivity contribution in [2.45, 2.75) is 72.0 Å². The summed E-state index contributed by atoms with van der Waals surface area (Å²) in [4.78, 5) is 0. The molecule has 1 aliphatic heterocycles. The van der Waals surface area contributed by atoms with Crippen LogP contribution in [0.15, 0.2) is 36.5 Å². The van der Waals surface area contributed by atoms with Crippen LogP contribution in [0.1, 0.15) is 60.3 Å². The Hall–Kier alpha value is -0.820. The van der Waals surface area contributed by atoms with Crippen LogP contribution < -0.4 is 0 Å². The first-order valence-corrected chi connectivity index (χ1v) is 8.33. The van der Waals surface area contributed by atoms with Crippen molar-refractivity contribution in [1.29, 1.82) is 0 Å². The second-order valence-corrected chi connectivity index (χ2v) is 7.97. The fourth-order valence-corrected chi connectivity index (χ4v) is 3.88. The first-order valence-electron chi connectivity index (χ1n) is 8.33. The zero-order valence-electron chi connectivity index (χ0n) is 14.5. The molecule has 2 aliphatic rings. The Balaban J connectivity index is 2.00. The molecule has 0 N–H and O–H groups in total. The minimum atomic E-state index is 0.102. The third-order valence-corrected chi connectivity index (χ3v) is 5.87. The number of ether oxygens (including phenoxy) is 1. The lowest BCUT2D eigenvalue weighted by molar-refractivity contribution is 0.169. The summed E-state index contributed by atoms with van der Waals surface area (Å²) in [5.74, 6) is 1.26. The Labute approximate surface area is 131 Å². The lowest BCUT2D eigenvalue weighted by Crippen LogP contribution is -2.33. The highest BCUT2D eigenvalue weighted by Gasteiger charge is 2.46. The second-order valence-electron chi connectivity index (χ2n) is 7.97. The van der Waals surface area contributed by atoms with E-state index in [0.717, 1.165) is 6.42 Å². The minimum Gasteiger partial charge on any atom is -0.366 e. The summed E-state index contributed by atoms with van der Waals surface area (Å²) in [5, 5.41) is 0. The third kappa shape index (κ3) is 3.51. The Morgan fingerprint density at radius 3 is 2.38 bits per heavy atom. The number of hydrogen-bond donors (Lipinski definition) is 0. The van der Waals surface area contributed by atoms with E-state index in [2.05, 4.69) is 59.9 Å².